The highest BCUT2D eigenvalue weighted by atomic mass is 19.2. The molecule has 2 aliphatic heterocycles. The second kappa shape index (κ2) is 3.03. The maximum absolute atomic E-state index is 13.5. The zero-order valence-corrected chi connectivity index (χ0v) is 8.79. The van der Waals surface area contributed by atoms with Gasteiger partial charge >= 0.3 is 0 Å². The smallest absolute Gasteiger partial charge is 0.299 e. The van der Waals surface area contributed by atoms with E-state index in [1.165, 1.54) is 4.90 Å². The maximum Gasteiger partial charge on any atom is 0.299 e. The van der Waals surface area contributed by atoms with Crippen molar-refractivity contribution in [2.45, 2.75) is 13.0 Å². The van der Waals surface area contributed by atoms with Crippen LogP contribution in [0, 0.1) is 11.6 Å². The highest BCUT2D eigenvalue weighted by Crippen LogP contribution is 2.44. The molecule has 2 heterocycles. The Balaban J connectivity index is 2.36. The minimum absolute atomic E-state index is 0.0336. The molecule has 1 amide bonds. The molecule has 4 nitrogen and oxygen atoms in total. The molecule has 0 saturated heterocycles. The standard InChI is InChI=1S/C11H7F2NO3/c1-4-3-17-10-7(13)6(12)2-5-8(10)14(4)11(16)9(5)15/h2,4H,3H2,1H3. The van der Waals surface area contributed by atoms with Gasteiger partial charge in [-0.1, -0.05) is 0 Å². The zero-order chi connectivity index (χ0) is 12.3. The fourth-order valence-corrected chi connectivity index (χ4v) is 2.16. The molecular weight excluding hydrogens is 232 g/mol. The zero-order valence-electron chi connectivity index (χ0n) is 8.79. The number of amides is 1. The highest BCUT2D eigenvalue weighted by Gasteiger charge is 2.45. The summed E-state index contributed by atoms with van der Waals surface area (Å²) in [5, 5.41) is 0. The number of ketones is 1. The first-order valence-electron chi connectivity index (χ1n) is 5.05. The van der Waals surface area contributed by atoms with E-state index in [2.05, 4.69) is 0 Å². The molecule has 1 aromatic carbocycles. The van der Waals surface area contributed by atoms with Gasteiger partial charge in [-0.15, -0.1) is 0 Å². The summed E-state index contributed by atoms with van der Waals surface area (Å²) in [4.78, 5) is 24.5. The van der Waals surface area contributed by atoms with Crippen molar-refractivity contribution in [2.24, 2.45) is 0 Å². The Labute approximate surface area is 94.8 Å². The average Bonchev–Trinajstić information content (AvgIpc) is 2.54. The van der Waals surface area contributed by atoms with Crippen LogP contribution in [0.2, 0.25) is 0 Å². The maximum atomic E-state index is 13.5. The molecule has 1 aromatic rings. The number of benzene rings is 1. The monoisotopic (exact) mass is 239 g/mol. The van der Waals surface area contributed by atoms with E-state index in [-0.39, 0.29) is 29.6 Å². The summed E-state index contributed by atoms with van der Waals surface area (Å²) in [6.07, 6.45) is 0. The number of hydrogen-bond donors (Lipinski definition) is 0. The molecule has 0 bridgehead atoms. The van der Waals surface area contributed by atoms with Gasteiger partial charge < -0.3 is 4.74 Å². The number of halogens is 2. The lowest BCUT2D eigenvalue weighted by Crippen LogP contribution is -2.43. The number of rotatable bonds is 0. The van der Waals surface area contributed by atoms with Crippen LogP contribution in [-0.2, 0) is 4.79 Å². The highest BCUT2D eigenvalue weighted by molar-refractivity contribution is 6.52. The Hall–Kier alpha value is -1.98. The molecule has 0 radical (unpaired) electrons. The minimum atomic E-state index is -1.18. The molecule has 88 valence electrons. The topological polar surface area (TPSA) is 46.6 Å². The first-order chi connectivity index (χ1) is 8.02. The summed E-state index contributed by atoms with van der Waals surface area (Å²) in [6.45, 7) is 1.70. The van der Waals surface area contributed by atoms with Crippen molar-refractivity contribution < 1.29 is 23.1 Å². The molecule has 1 atom stereocenters. The van der Waals surface area contributed by atoms with Crippen molar-refractivity contribution in [2.75, 3.05) is 11.5 Å². The molecular formula is C11H7F2NO3. The molecule has 6 heteroatoms. The second-order valence-corrected chi connectivity index (χ2v) is 4.06. The summed E-state index contributed by atoms with van der Waals surface area (Å²) in [5.41, 5.74) is -0.0758. The SMILES string of the molecule is CC1COc2c(F)c(F)cc3c2N1C(=O)C3=O. The van der Waals surface area contributed by atoms with Gasteiger partial charge in [0.15, 0.2) is 11.6 Å². The third kappa shape index (κ3) is 1.09. The number of carbonyl (C=O) groups excluding carboxylic acids is 2. The van der Waals surface area contributed by atoms with E-state index < -0.39 is 23.3 Å². The fraction of sp³-hybridized carbons (Fsp3) is 0.273. The molecule has 0 aromatic heterocycles. The van der Waals surface area contributed by atoms with Gasteiger partial charge in [-0.2, -0.15) is 4.39 Å². The third-order valence-corrected chi connectivity index (χ3v) is 2.96. The van der Waals surface area contributed by atoms with E-state index in [0.29, 0.717) is 0 Å². The fourth-order valence-electron chi connectivity index (χ4n) is 2.16. The predicted molar refractivity (Wildman–Crippen MR) is 53.1 cm³/mol. The van der Waals surface area contributed by atoms with Crippen molar-refractivity contribution in [1.82, 2.24) is 0 Å². The molecule has 0 aliphatic carbocycles. The van der Waals surface area contributed by atoms with E-state index in [9.17, 15) is 18.4 Å². The van der Waals surface area contributed by atoms with Gasteiger partial charge in [0.05, 0.1) is 11.6 Å². The van der Waals surface area contributed by atoms with Gasteiger partial charge in [0.25, 0.3) is 11.7 Å². The van der Waals surface area contributed by atoms with Gasteiger partial charge in [-0.25, -0.2) is 4.39 Å². The summed E-state index contributed by atoms with van der Waals surface area (Å²) in [6, 6.07) is 0.376. The van der Waals surface area contributed by atoms with Crippen molar-refractivity contribution in [3.05, 3.63) is 23.3 Å². The van der Waals surface area contributed by atoms with E-state index in [1.54, 1.807) is 6.92 Å². The van der Waals surface area contributed by atoms with Crippen LogP contribution in [0.3, 0.4) is 0 Å². The van der Waals surface area contributed by atoms with E-state index in [0.717, 1.165) is 6.07 Å². The normalized spacial score (nSPS) is 21.6. The summed E-state index contributed by atoms with van der Waals surface area (Å²) < 4.78 is 31.8. The number of hydrogen-bond acceptors (Lipinski definition) is 3. The van der Waals surface area contributed by atoms with E-state index >= 15 is 0 Å². The van der Waals surface area contributed by atoms with Crippen molar-refractivity contribution >= 4 is 17.4 Å². The van der Waals surface area contributed by atoms with Crippen LogP contribution >= 0.6 is 0 Å². The molecule has 2 aliphatic rings. The molecule has 17 heavy (non-hydrogen) atoms. The summed E-state index contributed by atoms with van der Waals surface area (Å²) in [7, 11) is 0. The lowest BCUT2D eigenvalue weighted by Gasteiger charge is -2.31. The minimum Gasteiger partial charge on any atom is -0.486 e. The van der Waals surface area contributed by atoms with Gasteiger partial charge in [0, 0.05) is 0 Å². The number of nitrogens with zero attached hydrogens (tertiary/aromatic N) is 1. The van der Waals surface area contributed by atoms with Crippen LogP contribution in [0.15, 0.2) is 6.07 Å². The van der Waals surface area contributed by atoms with Crippen LogP contribution in [-0.4, -0.2) is 24.3 Å². The lowest BCUT2D eigenvalue weighted by molar-refractivity contribution is -0.114. The summed E-state index contributed by atoms with van der Waals surface area (Å²) in [5.74, 6) is -4.28. The van der Waals surface area contributed by atoms with E-state index in [4.69, 9.17) is 4.74 Å². The molecule has 0 saturated carbocycles. The Bertz CT molecular complexity index is 570. The number of anilines is 1. The number of ether oxygens (including phenoxy) is 1. The van der Waals surface area contributed by atoms with Crippen molar-refractivity contribution in [3.8, 4) is 5.75 Å². The molecule has 0 fully saturated rings. The molecule has 1 unspecified atom stereocenters. The van der Waals surface area contributed by atoms with E-state index in [1.807, 2.05) is 0 Å². The first-order valence-corrected chi connectivity index (χ1v) is 5.05. The largest absolute Gasteiger partial charge is 0.486 e. The Morgan fingerprint density at radius 1 is 1.41 bits per heavy atom. The van der Waals surface area contributed by atoms with Crippen LogP contribution in [0.1, 0.15) is 17.3 Å². The lowest BCUT2D eigenvalue weighted by atomic mass is 10.1. The number of carbonyl (C=O) groups is 2. The summed E-state index contributed by atoms with van der Waals surface area (Å²) >= 11 is 0. The number of Topliss-reactive ketones (excluding diaryl/α,β-unsaturated/α-hetero) is 1. The second-order valence-electron chi connectivity index (χ2n) is 4.06. The Morgan fingerprint density at radius 2 is 2.12 bits per heavy atom. The molecule has 0 spiro atoms. The van der Waals surface area contributed by atoms with Crippen LogP contribution in [0.5, 0.6) is 5.75 Å². The van der Waals surface area contributed by atoms with Gasteiger partial charge in [0.2, 0.25) is 5.82 Å². The Kier molecular flexibility index (Phi) is 1.81. The molecule has 3 rings (SSSR count). The van der Waals surface area contributed by atoms with Gasteiger partial charge in [0.1, 0.15) is 12.3 Å². The average molecular weight is 239 g/mol. The van der Waals surface area contributed by atoms with Crippen LogP contribution in [0.25, 0.3) is 0 Å². The predicted octanol–water partition coefficient (Wildman–Crippen LogP) is 1.28. The third-order valence-electron chi connectivity index (χ3n) is 2.96. The quantitative estimate of drug-likeness (QED) is 0.640. The van der Waals surface area contributed by atoms with Crippen molar-refractivity contribution in [1.29, 1.82) is 0 Å². The Morgan fingerprint density at radius 3 is 2.82 bits per heavy atom. The van der Waals surface area contributed by atoms with Gasteiger partial charge in [-0.05, 0) is 13.0 Å². The van der Waals surface area contributed by atoms with Crippen molar-refractivity contribution in [3.63, 3.8) is 0 Å². The van der Waals surface area contributed by atoms with Crippen LogP contribution < -0.4 is 9.64 Å². The van der Waals surface area contributed by atoms with Gasteiger partial charge in [-0.3, -0.25) is 14.5 Å². The first kappa shape index (κ1) is 10.2. The molecule has 0 N–H and O–H groups in total. The van der Waals surface area contributed by atoms with Crippen LogP contribution in [0.4, 0.5) is 14.5 Å².